The molecule has 3 nitrogen and oxygen atoms in total. The molecule has 0 radical (unpaired) electrons. The predicted molar refractivity (Wildman–Crippen MR) is 33.8 cm³/mol. The van der Waals surface area contributed by atoms with Crippen molar-refractivity contribution in [2.24, 2.45) is 0 Å². The van der Waals surface area contributed by atoms with Crippen LogP contribution in [0.2, 0.25) is 0 Å². The predicted octanol–water partition coefficient (Wildman–Crippen LogP) is 1.10. The molecule has 2 heterocycles. The standard InChI is InChI=1S/C6H4FN3/c7-4-3-10-6-5(4)8-1-2-9-6/h1-3H,(H,9,10). The Kier molecular flexibility index (Phi) is 0.943. The summed E-state index contributed by atoms with van der Waals surface area (Å²) in [5.74, 6) is -0.358. The molecule has 0 aromatic carbocycles. The zero-order chi connectivity index (χ0) is 6.97. The molecule has 2 rings (SSSR count). The fraction of sp³-hybridized carbons (Fsp3) is 0. The van der Waals surface area contributed by atoms with Gasteiger partial charge in [-0.05, 0) is 0 Å². The Labute approximate surface area is 55.9 Å². The number of hydrogen-bond donors (Lipinski definition) is 1. The molecule has 0 aliphatic carbocycles. The van der Waals surface area contributed by atoms with E-state index < -0.39 is 0 Å². The molecule has 0 saturated heterocycles. The molecular formula is C6H4FN3. The first-order valence-corrected chi connectivity index (χ1v) is 2.81. The molecule has 2 aromatic heterocycles. The van der Waals surface area contributed by atoms with Crippen LogP contribution < -0.4 is 0 Å². The minimum Gasteiger partial charge on any atom is -0.342 e. The maximum atomic E-state index is 12.6. The van der Waals surface area contributed by atoms with Gasteiger partial charge in [0.1, 0.15) is 5.52 Å². The molecule has 0 fully saturated rings. The number of rotatable bonds is 0. The molecule has 4 heteroatoms. The third-order valence-electron chi connectivity index (χ3n) is 1.26. The summed E-state index contributed by atoms with van der Waals surface area (Å²) in [5.41, 5.74) is 0.780. The minimum atomic E-state index is -0.358. The summed E-state index contributed by atoms with van der Waals surface area (Å²) in [6.07, 6.45) is 4.21. The summed E-state index contributed by atoms with van der Waals surface area (Å²) in [7, 11) is 0. The number of H-pyrrole nitrogens is 1. The molecule has 0 atom stereocenters. The van der Waals surface area contributed by atoms with E-state index in [0.29, 0.717) is 11.2 Å². The van der Waals surface area contributed by atoms with Crippen LogP contribution in [0.4, 0.5) is 4.39 Å². The van der Waals surface area contributed by atoms with Crippen LogP contribution in [0, 0.1) is 5.82 Å². The summed E-state index contributed by atoms with van der Waals surface area (Å²) in [6.45, 7) is 0. The molecule has 2 aromatic rings. The maximum Gasteiger partial charge on any atom is 0.168 e. The smallest absolute Gasteiger partial charge is 0.168 e. The molecule has 0 saturated carbocycles. The third kappa shape index (κ3) is 0.586. The van der Waals surface area contributed by atoms with Gasteiger partial charge in [0.25, 0.3) is 0 Å². The van der Waals surface area contributed by atoms with Gasteiger partial charge >= 0.3 is 0 Å². The maximum absolute atomic E-state index is 12.6. The topological polar surface area (TPSA) is 41.6 Å². The third-order valence-corrected chi connectivity index (χ3v) is 1.26. The minimum absolute atomic E-state index is 0.294. The van der Waals surface area contributed by atoms with Gasteiger partial charge in [0.15, 0.2) is 11.5 Å². The normalized spacial score (nSPS) is 10.5. The van der Waals surface area contributed by atoms with Gasteiger partial charge < -0.3 is 4.98 Å². The van der Waals surface area contributed by atoms with Crippen LogP contribution in [0.25, 0.3) is 11.2 Å². The molecule has 0 aliphatic rings. The first kappa shape index (κ1) is 5.34. The van der Waals surface area contributed by atoms with E-state index in [-0.39, 0.29) is 5.82 Å². The zero-order valence-corrected chi connectivity index (χ0v) is 5.00. The van der Waals surface area contributed by atoms with Crippen molar-refractivity contribution in [3.05, 3.63) is 24.4 Å². The quantitative estimate of drug-likeness (QED) is 0.590. The van der Waals surface area contributed by atoms with Crippen LogP contribution >= 0.6 is 0 Å². The van der Waals surface area contributed by atoms with Crippen LogP contribution in [0.1, 0.15) is 0 Å². The Balaban J connectivity index is 2.93. The van der Waals surface area contributed by atoms with Crippen LogP contribution in [0.3, 0.4) is 0 Å². The van der Waals surface area contributed by atoms with Gasteiger partial charge in [-0.25, -0.2) is 14.4 Å². The zero-order valence-electron chi connectivity index (χ0n) is 5.00. The molecule has 0 amide bonds. The van der Waals surface area contributed by atoms with Crippen molar-refractivity contribution in [2.45, 2.75) is 0 Å². The van der Waals surface area contributed by atoms with Gasteiger partial charge in [-0.1, -0.05) is 0 Å². The van der Waals surface area contributed by atoms with E-state index in [4.69, 9.17) is 0 Å². The first-order chi connectivity index (χ1) is 4.88. The lowest BCUT2D eigenvalue weighted by Crippen LogP contribution is -1.78. The molecule has 50 valence electrons. The molecular weight excluding hydrogens is 133 g/mol. The lowest BCUT2D eigenvalue weighted by Gasteiger charge is -1.83. The van der Waals surface area contributed by atoms with E-state index in [0.717, 1.165) is 0 Å². The average molecular weight is 137 g/mol. The van der Waals surface area contributed by atoms with Gasteiger partial charge in [-0.3, -0.25) is 0 Å². The van der Waals surface area contributed by atoms with Crippen LogP contribution in [-0.4, -0.2) is 15.0 Å². The fourth-order valence-electron chi connectivity index (χ4n) is 0.819. The Hall–Kier alpha value is -1.45. The lowest BCUT2D eigenvalue weighted by molar-refractivity contribution is 0.636. The molecule has 0 aliphatic heterocycles. The summed E-state index contributed by atoms with van der Waals surface area (Å²) < 4.78 is 12.6. The van der Waals surface area contributed by atoms with Gasteiger partial charge in [0, 0.05) is 18.6 Å². The molecule has 0 bridgehead atoms. The highest BCUT2D eigenvalue weighted by atomic mass is 19.1. The average Bonchev–Trinajstić information content (AvgIpc) is 2.34. The van der Waals surface area contributed by atoms with Crippen molar-refractivity contribution < 1.29 is 4.39 Å². The Morgan fingerprint density at radius 1 is 1.30 bits per heavy atom. The van der Waals surface area contributed by atoms with Crippen molar-refractivity contribution >= 4 is 11.2 Å². The fourth-order valence-corrected chi connectivity index (χ4v) is 0.819. The number of nitrogens with zero attached hydrogens (tertiary/aromatic N) is 2. The number of aromatic amines is 1. The number of nitrogens with one attached hydrogen (secondary N) is 1. The summed E-state index contributed by atoms with van der Waals surface area (Å²) in [4.78, 5) is 10.3. The summed E-state index contributed by atoms with van der Waals surface area (Å²) in [6, 6.07) is 0. The van der Waals surface area contributed by atoms with Gasteiger partial charge in [-0.2, -0.15) is 0 Å². The monoisotopic (exact) mass is 137 g/mol. The second kappa shape index (κ2) is 1.76. The van der Waals surface area contributed by atoms with Crippen LogP contribution in [-0.2, 0) is 0 Å². The van der Waals surface area contributed by atoms with E-state index >= 15 is 0 Å². The van der Waals surface area contributed by atoms with Crippen molar-refractivity contribution in [3.63, 3.8) is 0 Å². The highest BCUT2D eigenvalue weighted by Gasteiger charge is 2.01. The van der Waals surface area contributed by atoms with E-state index in [1.807, 2.05) is 0 Å². The van der Waals surface area contributed by atoms with Gasteiger partial charge in [-0.15, -0.1) is 0 Å². The highest BCUT2D eigenvalue weighted by molar-refractivity contribution is 5.70. The molecule has 1 N–H and O–H groups in total. The van der Waals surface area contributed by atoms with Crippen molar-refractivity contribution in [2.75, 3.05) is 0 Å². The molecule has 0 spiro atoms. The van der Waals surface area contributed by atoms with E-state index in [2.05, 4.69) is 15.0 Å². The lowest BCUT2D eigenvalue weighted by atomic mass is 10.5. The largest absolute Gasteiger partial charge is 0.342 e. The van der Waals surface area contributed by atoms with E-state index in [1.54, 1.807) is 0 Å². The second-order valence-corrected chi connectivity index (χ2v) is 1.89. The molecule has 10 heavy (non-hydrogen) atoms. The van der Waals surface area contributed by atoms with Crippen molar-refractivity contribution in [1.29, 1.82) is 0 Å². The number of hydrogen-bond acceptors (Lipinski definition) is 2. The van der Waals surface area contributed by atoms with Gasteiger partial charge in [0.2, 0.25) is 0 Å². The van der Waals surface area contributed by atoms with Crippen LogP contribution in [0.15, 0.2) is 18.6 Å². The van der Waals surface area contributed by atoms with Crippen LogP contribution in [0.5, 0.6) is 0 Å². The number of halogens is 1. The second-order valence-electron chi connectivity index (χ2n) is 1.89. The van der Waals surface area contributed by atoms with Gasteiger partial charge in [0.05, 0.1) is 0 Å². The summed E-state index contributed by atoms with van der Waals surface area (Å²) in [5, 5.41) is 0. The Morgan fingerprint density at radius 2 is 2.10 bits per heavy atom. The molecule has 0 unspecified atom stereocenters. The SMILES string of the molecule is Fc1c[nH]c2nccnc12. The number of aromatic nitrogens is 3. The van der Waals surface area contributed by atoms with Crippen molar-refractivity contribution in [3.8, 4) is 0 Å². The van der Waals surface area contributed by atoms with E-state index in [1.165, 1.54) is 18.6 Å². The number of fused-ring (bicyclic) bond motifs is 1. The highest BCUT2D eigenvalue weighted by Crippen LogP contribution is 2.08. The van der Waals surface area contributed by atoms with Crippen molar-refractivity contribution in [1.82, 2.24) is 15.0 Å². The van der Waals surface area contributed by atoms with E-state index in [9.17, 15) is 4.39 Å². The summed E-state index contributed by atoms with van der Waals surface area (Å²) >= 11 is 0. The Bertz CT molecular complexity index is 355. The first-order valence-electron chi connectivity index (χ1n) is 2.81. The Morgan fingerprint density at radius 3 is 2.90 bits per heavy atom.